The van der Waals surface area contributed by atoms with Gasteiger partial charge < -0.3 is 9.84 Å². The number of aromatic nitrogens is 1. The van der Waals surface area contributed by atoms with E-state index in [0.29, 0.717) is 23.9 Å². The van der Waals surface area contributed by atoms with Crippen LogP contribution in [0.4, 0.5) is 0 Å². The molecule has 2 aromatic rings. The van der Waals surface area contributed by atoms with Gasteiger partial charge >= 0.3 is 0 Å². The maximum Gasteiger partial charge on any atom is 0.273 e. The molecule has 23 heavy (non-hydrogen) atoms. The summed E-state index contributed by atoms with van der Waals surface area (Å²) in [4.78, 5) is 12.2. The van der Waals surface area contributed by atoms with Crippen LogP contribution in [0.1, 0.15) is 55.6 Å². The summed E-state index contributed by atoms with van der Waals surface area (Å²) in [7, 11) is 0. The number of rotatable bonds is 8. The van der Waals surface area contributed by atoms with Crippen molar-refractivity contribution in [1.29, 1.82) is 0 Å². The molecule has 0 radical (unpaired) electrons. The topological polar surface area (TPSA) is 55.1 Å². The molecule has 1 heterocycles. The highest BCUT2D eigenvalue weighted by Crippen LogP contribution is 2.21. The molecule has 124 valence electrons. The standard InChI is InChI=1S/C19H26N2O2/c1-4-6-9-15(5-2)13-20-19(22)17-12-18(23-21-17)16-10-7-8-14(3)11-16/h7-8,10-12,15H,4-6,9,13H2,1-3H3,(H,20,22)/t15-/m1/s1. The lowest BCUT2D eigenvalue weighted by Crippen LogP contribution is -2.29. The van der Waals surface area contributed by atoms with Gasteiger partial charge in [-0.05, 0) is 25.3 Å². The molecule has 1 amide bonds. The van der Waals surface area contributed by atoms with E-state index in [4.69, 9.17) is 4.52 Å². The molecule has 0 aliphatic rings. The number of hydrogen-bond donors (Lipinski definition) is 1. The van der Waals surface area contributed by atoms with E-state index in [2.05, 4.69) is 24.3 Å². The lowest BCUT2D eigenvalue weighted by molar-refractivity contribution is 0.0937. The molecule has 4 heteroatoms. The summed E-state index contributed by atoms with van der Waals surface area (Å²) in [6.45, 7) is 7.07. The quantitative estimate of drug-likeness (QED) is 0.775. The Bertz CT molecular complexity index is 634. The Kier molecular flexibility index (Phi) is 6.39. The summed E-state index contributed by atoms with van der Waals surface area (Å²) < 4.78 is 5.31. The molecule has 0 fully saturated rings. The average molecular weight is 314 g/mol. The second-order valence-corrected chi connectivity index (χ2v) is 6.07. The Labute approximate surface area is 138 Å². The van der Waals surface area contributed by atoms with Crippen LogP contribution < -0.4 is 5.32 Å². The summed E-state index contributed by atoms with van der Waals surface area (Å²) >= 11 is 0. The largest absolute Gasteiger partial charge is 0.355 e. The van der Waals surface area contributed by atoms with Gasteiger partial charge in [0.1, 0.15) is 0 Å². The van der Waals surface area contributed by atoms with Crippen molar-refractivity contribution >= 4 is 5.91 Å². The second-order valence-electron chi connectivity index (χ2n) is 6.07. The van der Waals surface area contributed by atoms with E-state index in [0.717, 1.165) is 24.0 Å². The number of unbranched alkanes of at least 4 members (excludes halogenated alkanes) is 1. The fourth-order valence-corrected chi connectivity index (χ4v) is 2.59. The van der Waals surface area contributed by atoms with Gasteiger partial charge in [0.15, 0.2) is 11.5 Å². The van der Waals surface area contributed by atoms with E-state index in [1.807, 2.05) is 31.2 Å². The molecule has 0 saturated carbocycles. The minimum atomic E-state index is -0.164. The second kappa shape index (κ2) is 8.51. The lowest BCUT2D eigenvalue weighted by atomic mass is 9.99. The van der Waals surface area contributed by atoms with Crippen molar-refractivity contribution in [2.24, 2.45) is 5.92 Å². The Morgan fingerprint density at radius 3 is 2.83 bits per heavy atom. The predicted molar refractivity (Wildman–Crippen MR) is 92.3 cm³/mol. The molecule has 0 saturated heterocycles. The van der Waals surface area contributed by atoms with Crippen molar-refractivity contribution in [1.82, 2.24) is 10.5 Å². The molecular weight excluding hydrogens is 288 g/mol. The van der Waals surface area contributed by atoms with Crippen LogP contribution in [-0.2, 0) is 0 Å². The van der Waals surface area contributed by atoms with E-state index in [9.17, 15) is 4.79 Å². The number of benzene rings is 1. The van der Waals surface area contributed by atoms with Gasteiger partial charge in [0, 0.05) is 18.2 Å². The third-order valence-corrected chi connectivity index (χ3v) is 4.14. The first kappa shape index (κ1) is 17.3. The van der Waals surface area contributed by atoms with Crippen LogP contribution in [0.25, 0.3) is 11.3 Å². The zero-order valence-corrected chi connectivity index (χ0v) is 14.3. The van der Waals surface area contributed by atoms with Gasteiger partial charge in [0.2, 0.25) is 0 Å². The normalized spacial score (nSPS) is 12.1. The zero-order valence-electron chi connectivity index (χ0n) is 14.3. The number of nitrogens with one attached hydrogen (secondary N) is 1. The van der Waals surface area contributed by atoms with E-state index >= 15 is 0 Å². The highest BCUT2D eigenvalue weighted by Gasteiger charge is 2.15. The van der Waals surface area contributed by atoms with E-state index < -0.39 is 0 Å². The van der Waals surface area contributed by atoms with Crippen LogP contribution in [0.2, 0.25) is 0 Å². The number of aryl methyl sites for hydroxylation is 1. The Balaban J connectivity index is 1.96. The molecule has 2 rings (SSSR count). The molecule has 0 unspecified atom stereocenters. The average Bonchev–Trinajstić information content (AvgIpc) is 3.05. The molecule has 1 atom stereocenters. The molecule has 4 nitrogen and oxygen atoms in total. The van der Waals surface area contributed by atoms with Crippen molar-refractivity contribution in [3.05, 3.63) is 41.6 Å². The monoisotopic (exact) mass is 314 g/mol. The SMILES string of the molecule is CCCC[C@@H](CC)CNC(=O)c1cc(-c2cccc(C)c2)on1. The fraction of sp³-hybridized carbons (Fsp3) is 0.474. The first-order valence-corrected chi connectivity index (χ1v) is 8.46. The summed E-state index contributed by atoms with van der Waals surface area (Å²) in [6.07, 6.45) is 4.62. The van der Waals surface area contributed by atoms with Crippen LogP contribution in [0.3, 0.4) is 0 Å². The van der Waals surface area contributed by atoms with E-state index in [1.165, 1.54) is 12.8 Å². The first-order valence-electron chi connectivity index (χ1n) is 8.46. The van der Waals surface area contributed by atoms with Gasteiger partial charge in [0.05, 0.1) is 0 Å². The molecule has 0 bridgehead atoms. The van der Waals surface area contributed by atoms with Gasteiger partial charge in [-0.15, -0.1) is 0 Å². The summed E-state index contributed by atoms with van der Waals surface area (Å²) in [5.41, 5.74) is 2.42. The summed E-state index contributed by atoms with van der Waals surface area (Å²) in [5, 5.41) is 6.87. The van der Waals surface area contributed by atoms with Gasteiger partial charge in [-0.3, -0.25) is 4.79 Å². The smallest absolute Gasteiger partial charge is 0.273 e. The van der Waals surface area contributed by atoms with Crippen LogP contribution in [0.15, 0.2) is 34.9 Å². The van der Waals surface area contributed by atoms with Crippen LogP contribution >= 0.6 is 0 Å². The minimum Gasteiger partial charge on any atom is -0.355 e. The van der Waals surface area contributed by atoms with E-state index in [1.54, 1.807) is 6.07 Å². The number of carbonyl (C=O) groups is 1. The van der Waals surface area contributed by atoms with Crippen LogP contribution in [0, 0.1) is 12.8 Å². The number of amides is 1. The van der Waals surface area contributed by atoms with E-state index in [-0.39, 0.29) is 5.91 Å². The molecular formula is C19H26N2O2. The molecule has 1 aromatic heterocycles. The molecule has 0 aliphatic heterocycles. The van der Waals surface area contributed by atoms with Crippen molar-refractivity contribution in [2.45, 2.75) is 46.5 Å². The number of hydrogen-bond acceptors (Lipinski definition) is 3. The molecule has 0 aliphatic carbocycles. The number of carbonyl (C=O) groups excluding carboxylic acids is 1. The maximum absolute atomic E-state index is 12.2. The third kappa shape index (κ3) is 4.95. The summed E-state index contributed by atoms with van der Waals surface area (Å²) in [5.74, 6) is 0.988. The van der Waals surface area contributed by atoms with Gasteiger partial charge in [-0.1, -0.05) is 62.0 Å². The Morgan fingerprint density at radius 2 is 2.13 bits per heavy atom. The maximum atomic E-state index is 12.2. The van der Waals surface area contributed by atoms with Crippen molar-refractivity contribution in [2.75, 3.05) is 6.54 Å². The molecule has 1 N–H and O–H groups in total. The predicted octanol–water partition coefficient (Wildman–Crippen LogP) is 4.60. The van der Waals surface area contributed by atoms with Gasteiger partial charge in [-0.25, -0.2) is 0 Å². The van der Waals surface area contributed by atoms with Gasteiger partial charge in [-0.2, -0.15) is 0 Å². The molecule has 0 spiro atoms. The first-order chi connectivity index (χ1) is 11.1. The Morgan fingerprint density at radius 1 is 1.30 bits per heavy atom. The highest BCUT2D eigenvalue weighted by molar-refractivity contribution is 5.93. The number of nitrogens with zero attached hydrogens (tertiary/aromatic N) is 1. The van der Waals surface area contributed by atoms with Crippen molar-refractivity contribution < 1.29 is 9.32 Å². The van der Waals surface area contributed by atoms with Gasteiger partial charge in [0.25, 0.3) is 5.91 Å². The van der Waals surface area contributed by atoms with Crippen LogP contribution in [0.5, 0.6) is 0 Å². The highest BCUT2D eigenvalue weighted by atomic mass is 16.5. The lowest BCUT2D eigenvalue weighted by Gasteiger charge is -2.14. The van der Waals surface area contributed by atoms with Crippen molar-refractivity contribution in [3.8, 4) is 11.3 Å². The fourth-order valence-electron chi connectivity index (χ4n) is 2.59. The van der Waals surface area contributed by atoms with Crippen molar-refractivity contribution in [3.63, 3.8) is 0 Å². The van der Waals surface area contributed by atoms with Crippen LogP contribution in [-0.4, -0.2) is 17.6 Å². The summed E-state index contributed by atoms with van der Waals surface area (Å²) in [6, 6.07) is 9.66. The third-order valence-electron chi connectivity index (χ3n) is 4.14. The molecule has 1 aromatic carbocycles. The minimum absolute atomic E-state index is 0.164. The zero-order chi connectivity index (χ0) is 16.7. The Hall–Kier alpha value is -2.10.